The average molecular weight is 788 g/mol. The smallest absolute Gasteiger partial charge is 0.261 e. The monoisotopic (exact) mass is 786 g/mol. The molecule has 15 heteroatoms. The molecule has 1 saturated heterocycles. The number of anilines is 1. The van der Waals surface area contributed by atoms with E-state index in [1.54, 1.807) is 34.8 Å². The van der Waals surface area contributed by atoms with Gasteiger partial charge in [0, 0.05) is 88.0 Å². The zero-order chi connectivity index (χ0) is 38.7. The van der Waals surface area contributed by atoms with E-state index in [1.807, 2.05) is 70.9 Å². The van der Waals surface area contributed by atoms with E-state index in [0.29, 0.717) is 89.2 Å². The van der Waals surface area contributed by atoms with Gasteiger partial charge in [-0.05, 0) is 75.2 Å². The number of benzene rings is 3. The molecule has 0 bridgehead atoms. The molecule has 13 nitrogen and oxygen atoms in total. The molecule has 0 atom stereocenters. The first-order chi connectivity index (χ1) is 27.1. The van der Waals surface area contributed by atoms with Gasteiger partial charge in [0.05, 0.1) is 29.0 Å². The molecular formula is C41H36Cl2N10O3. The van der Waals surface area contributed by atoms with Gasteiger partial charge < -0.3 is 20.1 Å². The Morgan fingerprint density at radius 2 is 1.64 bits per heavy atom. The maximum absolute atomic E-state index is 13.7. The normalized spacial score (nSPS) is 14.7. The molecule has 282 valence electrons. The minimum absolute atomic E-state index is 0.0803. The molecular weight excluding hydrogens is 751 g/mol. The number of aryl methyl sites for hydroxylation is 2. The van der Waals surface area contributed by atoms with E-state index in [9.17, 15) is 14.4 Å². The fourth-order valence-electron chi connectivity index (χ4n) is 7.84. The first-order valence-electron chi connectivity index (χ1n) is 18.4. The number of amides is 3. The average Bonchev–Trinajstić information content (AvgIpc) is 3.96. The number of hydrogen-bond acceptors (Lipinski definition) is 7. The Kier molecular flexibility index (Phi) is 9.05. The van der Waals surface area contributed by atoms with Crippen molar-refractivity contribution in [2.75, 3.05) is 25.0 Å². The number of H-pyrrole nitrogens is 1. The van der Waals surface area contributed by atoms with Crippen LogP contribution < -0.4 is 5.32 Å². The Bertz CT molecular complexity index is 2690. The summed E-state index contributed by atoms with van der Waals surface area (Å²) in [4.78, 5) is 52.0. The second kappa shape index (κ2) is 14.2. The first kappa shape index (κ1) is 35.6. The number of carbonyl (C=O) groups is 3. The zero-order valence-electron chi connectivity index (χ0n) is 30.6. The number of nitrogens with zero attached hydrogens (tertiary/aromatic N) is 8. The molecule has 0 unspecified atom stereocenters. The number of piperidine rings is 1. The summed E-state index contributed by atoms with van der Waals surface area (Å²) in [7, 11) is 0. The summed E-state index contributed by atoms with van der Waals surface area (Å²) in [5.74, 6) is -0.518. The van der Waals surface area contributed by atoms with Crippen molar-refractivity contribution in [3.05, 3.63) is 129 Å². The highest BCUT2D eigenvalue weighted by Gasteiger charge is 2.29. The Hall–Kier alpha value is -6.05. The second-order valence-electron chi connectivity index (χ2n) is 14.4. The van der Waals surface area contributed by atoms with Crippen LogP contribution >= 0.6 is 23.2 Å². The highest BCUT2D eigenvalue weighted by atomic mass is 35.5. The van der Waals surface area contributed by atoms with E-state index in [0.717, 1.165) is 39.1 Å². The van der Waals surface area contributed by atoms with Crippen molar-refractivity contribution >= 4 is 63.2 Å². The molecule has 9 rings (SSSR count). The van der Waals surface area contributed by atoms with Crippen LogP contribution in [-0.2, 0) is 13.0 Å². The molecule has 1 fully saturated rings. The number of hydrogen-bond donors (Lipinski definition) is 2. The summed E-state index contributed by atoms with van der Waals surface area (Å²) in [6, 6.07) is 20.0. The summed E-state index contributed by atoms with van der Waals surface area (Å²) in [5.41, 5.74) is 8.70. The summed E-state index contributed by atoms with van der Waals surface area (Å²) in [6.07, 6.45) is 5.54. The van der Waals surface area contributed by atoms with E-state index >= 15 is 0 Å². The number of halogens is 2. The maximum atomic E-state index is 13.7. The van der Waals surface area contributed by atoms with E-state index in [1.165, 1.54) is 6.20 Å². The first-order valence-corrected chi connectivity index (χ1v) is 19.2. The Balaban J connectivity index is 0.810. The Labute approximate surface area is 331 Å². The molecule has 3 aromatic carbocycles. The lowest BCUT2D eigenvalue weighted by atomic mass is 10.0. The number of likely N-dealkylation sites (tertiary alicyclic amines) is 1. The van der Waals surface area contributed by atoms with Gasteiger partial charge in [0.2, 0.25) is 0 Å². The molecule has 56 heavy (non-hydrogen) atoms. The standard InChI is InChI=1S/C41H36Cl2N10O3/c1-23-16-24(2)53-38(45-23)32(20-44-53)39(54)46-29-8-6-25(7-9-29)36-22-52(49-48-36)30-10-13-50(14-11-30)40(55)26-4-3-5-27(17-26)41(56)51-15-12-35-33(21-51)31-18-28(42)19-34(43)37(31)47-35/h3-9,16-20,22,30,47H,10-15,21H2,1-2H3,(H,46,54). The van der Waals surface area contributed by atoms with Crippen molar-refractivity contribution < 1.29 is 14.4 Å². The Morgan fingerprint density at radius 1 is 0.893 bits per heavy atom. The summed E-state index contributed by atoms with van der Waals surface area (Å²) >= 11 is 12.7. The molecule has 7 aromatic rings. The van der Waals surface area contributed by atoms with Crippen molar-refractivity contribution in [3.63, 3.8) is 0 Å². The number of fused-ring (bicyclic) bond motifs is 4. The summed E-state index contributed by atoms with van der Waals surface area (Å²) in [6.45, 7) is 5.88. The molecule has 2 N–H and O–H groups in total. The van der Waals surface area contributed by atoms with Crippen molar-refractivity contribution in [2.45, 2.75) is 45.7 Å². The van der Waals surface area contributed by atoms with E-state index < -0.39 is 0 Å². The van der Waals surface area contributed by atoms with Gasteiger partial charge in [-0.25, -0.2) is 14.2 Å². The maximum Gasteiger partial charge on any atom is 0.261 e. The molecule has 0 spiro atoms. The molecule has 0 saturated carbocycles. The quantitative estimate of drug-likeness (QED) is 0.180. The van der Waals surface area contributed by atoms with Crippen LogP contribution in [0, 0.1) is 13.8 Å². The van der Waals surface area contributed by atoms with Gasteiger partial charge in [0.25, 0.3) is 17.7 Å². The Morgan fingerprint density at radius 3 is 2.41 bits per heavy atom. The molecule has 2 aliphatic rings. The van der Waals surface area contributed by atoms with Gasteiger partial charge in [0.1, 0.15) is 11.3 Å². The van der Waals surface area contributed by atoms with E-state index in [4.69, 9.17) is 23.2 Å². The minimum Gasteiger partial charge on any atom is -0.357 e. The van der Waals surface area contributed by atoms with Crippen LogP contribution in [0.5, 0.6) is 0 Å². The third-order valence-corrected chi connectivity index (χ3v) is 11.3. The molecule has 3 amide bonds. The number of aromatic nitrogens is 7. The third kappa shape index (κ3) is 6.56. The summed E-state index contributed by atoms with van der Waals surface area (Å²) in [5, 5.41) is 18.1. The van der Waals surface area contributed by atoms with Gasteiger partial charge in [-0.1, -0.05) is 46.6 Å². The van der Waals surface area contributed by atoms with Crippen molar-refractivity contribution in [1.82, 2.24) is 44.4 Å². The lowest BCUT2D eigenvalue weighted by molar-refractivity contribution is 0.0689. The predicted octanol–water partition coefficient (Wildman–Crippen LogP) is 7.32. The fraction of sp³-hybridized carbons (Fsp3) is 0.244. The van der Waals surface area contributed by atoms with Gasteiger partial charge >= 0.3 is 0 Å². The van der Waals surface area contributed by atoms with Gasteiger partial charge in [0.15, 0.2) is 5.65 Å². The van der Waals surface area contributed by atoms with Crippen LogP contribution in [0.2, 0.25) is 10.0 Å². The summed E-state index contributed by atoms with van der Waals surface area (Å²) < 4.78 is 3.53. The molecule has 6 heterocycles. The highest BCUT2D eigenvalue weighted by Crippen LogP contribution is 2.35. The number of aromatic amines is 1. The number of nitrogens with one attached hydrogen (secondary N) is 2. The fourth-order valence-corrected chi connectivity index (χ4v) is 8.38. The van der Waals surface area contributed by atoms with Crippen molar-refractivity contribution in [3.8, 4) is 11.3 Å². The minimum atomic E-state index is -0.289. The zero-order valence-corrected chi connectivity index (χ0v) is 32.1. The van der Waals surface area contributed by atoms with Crippen LogP contribution in [0.25, 0.3) is 27.8 Å². The number of carbonyl (C=O) groups excluding carboxylic acids is 3. The second-order valence-corrected chi connectivity index (χ2v) is 15.3. The topological polar surface area (TPSA) is 146 Å². The molecule has 2 aliphatic heterocycles. The van der Waals surface area contributed by atoms with Crippen LogP contribution in [0.4, 0.5) is 5.69 Å². The van der Waals surface area contributed by atoms with E-state index in [2.05, 4.69) is 30.7 Å². The highest BCUT2D eigenvalue weighted by molar-refractivity contribution is 6.38. The van der Waals surface area contributed by atoms with Gasteiger partial charge in [-0.3, -0.25) is 14.4 Å². The predicted molar refractivity (Wildman–Crippen MR) is 213 cm³/mol. The van der Waals surface area contributed by atoms with Crippen LogP contribution in [0.15, 0.2) is 79.1 Å². The van der Waals surface area contributed by atoms with Crippen LogP contribution in [0.1, 0.15) is 72.6 Å². The van der Waals surface area contributed by atoms with Crippen molar-refractivity contribution in [2.24, 2.45) is 0 Å². The van der Waals surface area contributed by atoms with E-state index in [-0.39, 0.29) is 23.8 Å². The van der Waals surface area contributed by atoms with Crippen molar-refractivity contribution in [1.29, 1.82) is 0 Å². The SMILES string of the molecule is Cc1cc(C)n2ncc(C(=O)Nc3ccc(-c4cn(C5CCN(C(=O)c6cccc(C(=O)N7CCc8[nH]c9c(Cl)cc(Cl)cc9c8C7)c6)CC5)nn4)cc3)c2n1. The van der Waals surface area contributed by atoms with Gasteiger partial charge in [-0.2, -0.15) is 5.10 Å². The van der Waals surface area contributed by atoms with Gasteiger partial charge in [-0.15, -0.1) is 5.10 Å². The largest absolute Gasteiger partial charge is 0.357 e. The number of rotatable bonds is 6. The molecule has 0 aliphatic carbocycles. The third-order valence-electron chi connectivity index (χ3n) is 10.7. The molecule has 0 radical (unpaired) electrons. The molecule has 4 aromatic heterocycles. The lowest BCUT2D eigenvalue weighted by Crippen LogP contribution is -2.39. The van der Waals surface area contributed by atoms with Crippen LogP contribution in [-0.4, -0.2) is 81.7 Å². The van der Waals surface area contributed by atoms with Crippen LogP contribution in [0.3, 0.4) is 0 Å². The lowest BCUT2D eigenvalue weighted by Gasteiger charge is -2.32.